The number of hydrogen-bond acceptors (Lipinski definition) is 5. The number of nitrogens with one attached hydrogen (secondary N) is 1. The predicted octanol–water partition coefficient (Wildman–Crippen LogP) is 2.52. The van der Waals surface area contributed by atoms with Crippen LogP contribution in [0.4, 0.5) is 0 Å². The van der Waals surface area contributed by atoms with Crippen LogP contribution in [0.2, 0.25) is 0 Å². The Hall–Kier alpha value is -3.22. The van der Waals surface area contributed by atoms with E-state index in [1.54, 1.807) is 24.3 Å². The number of hydrogen-bond donors (Lipinski definition) is 3. The van der Waals surface area contributed by atoms with E-state index in [0.717, 1.165) is 7.11 Å². The summed E-state index contributed by atoms with van der Waals surface area (Å²) in [6.45, 7) is 0. The number of rotatable bonds is 3. The molecule has 0 unspecified atom stereocenters. The van der Waals surface area contributed by atoms with E-state index < -0.39 is 11.9 Å². The number of benzene rings is 2. The number of aromatic amines is 1. The predicted molar refractivity (Wildman–Crippen MR) is 82.3 cm³/mol. The molecule has 3 rings (SSSR count). The molecule has 0 amide bonds. The maximum atomic E-state index is 12.0. The van der Waals surface area contributed by atoms with Crippen LogP contribution in [-0.4, -0.2) is 41.4 Å². The first-order valence-electron chi connectivity index (χ1n) is 6.66. The Morgan fingerprint density at radius 3 is 2.43 bits per heavy atom. The highest BCUT2D eigenvalue weighted by Crippen LogP contribution is 2.44. The Morgan fingerprint density at radius 2 is 1.83 bits per heavy atom. The lowest BCUT2D eigenvalue weighted by Crippen LogP contribution is -2.13. The van der Waals surface area contributed by atoms with E-state index in [1.165, 1.54) is 7.11 Å². The molecule has 23 heavy (non-hydrogen) atoms. The molecular formula is C16H13NO6. The van der Waals surface area contributed by atoms with Crippen molar-refractivity contribution in [1.82, 2.24) is 4.98 Å². The minimum atomic E-state index is -1.33. The quantitative estimate of drug-likeness (QED) is 0.641. The number of H-pyrrole nitrogens is 1. The van der Waals surface area contributed by atoms with Gasteiger partial charge in [0.05, 0.1) is 25.1 Å². The topological polar surface area (TPSA) is 109 Å². The van der Waals surface area contributed by atoms with Gasteiger partial charge in [-0.05, 0) is 6.07 Å². The lowest BCUT2D eigenvalue weighted by atomic mass is 10.00. The number of aromatic nitrogens is 1. The van der Waals surface area contributed by atoms with Crippen molar-refractivity contribution in [2.45, 2.75) is 0 Å². The summed E-state index contributed by atoms with van der Waals surface area (Å²) in [6, 6.07) is 7.01. The molecule has 1 heterocycles. The molecule has 0 aliphatic heterocycles. The highest BCUT2D eigenvalue weighted by atomic mass is 16.5. The molecule has 0 saturated carbocycles. The van der Waals surface area contributed by atoms with Crippen LogP contribution in [0.3, 0.4) is 0 Å². The van der Waals surface area contributed by atoms with Crippen LogP contribution >= 0.6 is 0 Å². The van der Waals surface area contributed by atoms with E-state index in [4.69, 9.17) is 4.74 Å². The molecule has 3 aromatic rings. The highest BCUT2D eigenvalue weighted by Gasteiger charge is 2.31. The highest BCUT2D eigenvalue weighted by molar-refractivity contribution is 6.21. The van der Waals surface area contributed by atoms with Crippen molar-refractivity contribution in [3.8, 4) is 11.5 Å². The fourth-order valence-corrected chi connectivity index (χ4v) is 2.76. The summed E-state index contributed by atoms with van der Waals surface area (Å²) in [7, 11) is 2.37. The summed E-state index contributed by atoms with van der Waals surface area (Å²) in [5, 5.41) is 21.0. The summed E-state index contributed by atoms with van der Waals surface area (Å²) in [5.74, 6) is -2.78. The fraction of sp³-hybridized carbons (Fsp3) is 0.125. The average Bonchev–Trinajstić information content (AvgIpc) is 2.92. The number of carbonyl (C=O) groups is 2. The number of ether oxygens (including phenoxy) is 2. The Morgan fingerprint density at radius 1 is 1.13 bits per heavy atom. The van der Waals surface area contributed by atoms with Gasteiger partial charge in [-0.25, -0.2) is 9.59 Å². The maximum absolute atomic E-state index is 12.0. The standard InChI is InChI=1S/C16H13NO6/c1-22-14-11(16(21)23-2)10(15(19)20)12-9(13(14)18)7-5-3-4-6-8(7)17-12/h3-6,17-18H,1-2H3,(H,19,20). The second kappa shape index (κ2) is 5.20. The van der Waals surface area contributed by atoms with Gasteiger partial charge in [-0.15, -0.1) is 0 Å². The van der Waals surface area contributed by atoms with Gasteiger partial charge in [0.15, 0.2) is 11.5 Å². The maximum Gasteiger partial charge on any atom is 0.342 e. The molecule has 1 aromatic heterocycles. The molecule has 7 heteroatoms. The molecule has 0 fully saturated rings. The zero-order valence-corrected chi connectivity index (χ0v) is 12.3. The van der Waals surface area contributed by atoms with Gasteiger partial charge in [0, 0.05) is 10.9 Å². The summed E-state index contributed by atoms with van der Waals surface area (Å²) in [4.78, 5) is 26.7. The van der Waals surface area contributed by atoms with Crippen molar-refractivity contribution in [2.24, 2.45) is 0 Å². The number of para-hydroxylation sites is 1. The van der Waals surface area contributed by atoms with Crippen molar-refractivity contribution >= 4 is 33.7 Å². The second-order valence-electron chi connectivity index (χ2n) is 4.85. The largest absolute Gasteiger partial charge is 0.504 e. The summed E-state index contributed by atoms with van der Waals surface area (Å²) in [6.07, 6.45) is 0. The van der Waals surface area contributed by atoms with Crippen molar-refractivity contribution in [1.29, 1.82) is 0 Å². The van der Waals surface area contributed by atoms with Crippen LogP contribution < -0.4 is 4.74 Å². The average molecular weight is 315 g/mol. The van der Waals surface area contributed by atoms with Gasteiger partial charge in [0.25, 0.3) is 0 Å². The number of phenols is 1. The van der Waals surface area contributed by atoms with Gasteiger partial charge in [-0.3, -0.25) is 0 Å². The van der Waals surface area contributed by atoms with Crippen LogP contribution in [0.25, 0.3) is 21.8 Å². The molecule has 0 saturated heterocycles. The van der Waals surface area contributed by atoms with Crippen LogP contribution in [0, 0.1) is 0 Å². The second-order valence-corrected chi connectivity index (χ2v) is 4.85. The van der Waals surface area contributed by atoms with E-state index in [1.807, 2.05) is 0 Å². The number of phenolic OH excluding ortho intramolecular Hbond substituents is 1. The van der Waals surface area contributed by atoms with E-state index in [2.05, 4.69) is 9.72 Å². The van der Waals surface area contributed by atoms with Crippen LogP contribution in [0.1, 0.15) is 20.7 Å². The Balaban J connectivity index is 2.62. The number of aromatic carboxylic acids is 1. The lowest BCUT2D eigenvalue weighted by Gasteiger charge is -2.13. The third-order valence-electron chi connectivity index (χ3n) is 3.69. The number of fused-ring (bicyclic) bond motifs is 3. The minimum Gasteiger partial charge on any atom is -0.504 e. The summed E-state index contributed by atoms with van der Waals surface area (Å²) in [5.41, 5.74) is 0.124. The Bertz CT molecular complexity index is 956. The smallest absolute Gasteiger partial charge is 0.342 e. The van der Waals surface area contributed by atoms with E-state index in [9.17, 15) is 19.8 Å². The molecule has 118 valence electrons. The van der Waals surface area contributed by atoms with Gasteiger partial charge in [0.1, 0.15) is 11.1 Å². The number of esters is 1. The first kappa shape index (κ1) is 14.7. The Kier molecular flexibility index (Phi) is 3.33. The van der Waals surface area contributed by atoms with Crippen molar-refractivity contribution in [3.63, 3.8) is 0 Å². The zero-order chi connectivity index (χ0) is 16.7. The number of aromatic hydroxyl groups is 1. The summed E-state index contributed by atoms with van der Waals surface area (Å²) >= 11 is 0. The fourth-order valence-electron chi connectivity index (χ4n) is 2.76. The molecule has 3 N–H and O–H groups in total. The van der Waals surface area contributed by atoms with Gasteiger partial charge in [-0.2, -0.15) is 0 Å². The first-order valence-corrected chi connectivity index (χ1v) is 6.66. The number of carbonyl (C=O) groups excluding carboxylic acids is 1. The van der Waals surface area contributed by atoms with E-state index in [0.29, 0.717) is 10.9 Å². The molecular weight excluding hydrogens is 302 g/mol. The monoisotopic (exact) mass is 315 g/mol. The van der Waals surface area contributed by atoms with Crippen LogP contribution in [0.5, 0.6) is 11.5 Å². The van der Waals surface area contributed by atoms with Crippen molar-refractivity contribution < 1.29 is 29.3 Å². The number of carboxylic acid groups (broad SMARTS) is 1. The van der Waals surface area contributed by atoms with Gasteiger partial charge in [0.2, 0.25) is 0 Å². The van der Waals surface area contributed by atoms with E-state index >= 15 is 0 Å². The molecule has 0 bridgehead atoms. The SMILES string of the molecule is COC(=O)c1c(OC)c(O)c2c([nH]c3ccccc32)c1C(=O)O. The van der Waals surface area contributed by atoms with E-state index in [-0.39, 0.29) is 33.5 Å². The molecule has 0 aliphatic rings. The zero-order valence-electron chi connectivity index (χ0n) is 12.3. The van der Waals surface area contributed by atoms with Crippen molar-refractivity contribution in [3.05, 3.63) is 35.4 Å². The molecule has 2 aromatic carbocycles. The minimum absolute atomic E-state index is 0.136. The lowest BCUT2D eigenvalue weighted by molar-refractivity contribution is 0.0579. The summed E-state index contributed by atoms with van der Waals surface area (Å²) < 4.78 is 9.73. The number of carboxylic acids is 1. The molecule has 0 aliphatic carbocycles. The molecule has 0 spiro atoms. The van der Waals surface area contributed by atoms with Gasteiger partial charge in [-0.1, -0.05) is 18.2 Å². The molecule has 0 atom stereocenters. The van der Waals surface area contributed by atoms with Gasteiger partial charge >= 0.3 is 11.9 Å². The third-order valence-corrected chi connectivity index (χ3v) is 3.69. The normalized spacial score (nSPS) is 10.9. The third kappa shape index (κ3) is 1.97. The van der Waals surface area contributed by atoms with Crippen LogP contribution in [0.15, 0.2) is 24.3 Å². The van der Waals surface area contributed by atoms with Gasteiger partial charge < -0.3 is 24.7 Å². The van der Waals surface area contributed by atoms with Crippen molar-refractivity contribution in [2.75, 3.05) is 14.2 Å². The number of methoxy groups -OCH3 is 2. The van der Waals surface area contributed by atoms with Crippen LogP contribution in [-0.2, 0) is 4.74 Å². The molecule has 7 nitrogen and oxygen atoms in total. The Labute approximate surface area is 130 Å². The first-order chi connectivity index (χ1) is 11.0. The molecule has 0 radical (unpaired) electrons.